The van der Waals surface area contributed by atoms with Gasteiger partial charge in [0.25, 0.3) is 5.56 Å². The first kappa shape index (κ1) is 25.5. The largest absolute Gasteiger partial charge is 0.487 e. The van der Waals surface area contributed by atoms with Crippen molar-refractivity contribution >= 4 is 34.2 Å². The molecule has 0 aliphatic rings. The first-order chi connectivity index (χ1) is 14.8. The molecule has 0 unspecified atom stereocenters. The standard InChI is InChI=1S/C22H20BrF2N3O3.ClH/c1-13-7-19(31-12-15-5-6-16(24)9-18(15)25)21(23)22(30)28(13)17-4-2-3-14(8-17)11-27-20(29)10-26;/h2-9H,10-12,26H2,1H3,(H,27,29);1H. The number of nitrogens with one attached hydrogen (secondary N) is 1. The molecule has 0 spiro atoms. The summed E-state index contributed by atoms with van der Waals surface area (Å²) in [4.78, 5) is 24.4. The average Bonchev–Trinajstić information content (AvgIpc) is 2.75. The van der Waals surface area contributed by atoms with Crippen molar-refractivity contribution in [2.45, 2.75) is 20.1 Å². The zero-order valence-corrected chi connectivity index (χ0v) is 19.4. The van der Waals surface area contributed by atoms with Crippen molar-refractivity contribution in [3.63, 3.8) is 0 Å². The third kappa shape index (κ3) is 5.93. The smallest absolute Gasteiger partial charge is 0.273 e. The molecule has 0 saturated heterocycles. The van der Waals surface area contributed by atoms with Gasteiger partial charge in [0.1, 0.15) is 28.5 Å². The lowest BCUT2D eigenvalue weighted by atomic mass is 10.2. The minimum Gasteiger partial charge on any atom is -0.487 e. The summed E-state index contributed by atoms with van der Waals surface area (Å²) >= 11 is 3.26. The highest BCUT2D eigenvalue weighted by molar-refractivity contribution is 9.10. The van der Waals surface area contributed by atoms with E-state index in [1.165, 1.54) is 10.6 Å². The molecule has 170 valence electrons. The monoisotopic (exact) mass is 527 g/mol. The second-order valence-electron chi connectivity index (χ2n) is 6.78. The molecule has 0 aliphatic heterocycles. The zero-order valence-electron chi connectivity index (χ0n) is 17.0. The van der Waals surface area contributed by atoms with E-state index in [1.54, 1.807) is 31.2 Å². The van der Waals surface area contributed by atoms with Gasteiger partial charge in [-0.2, -0.15) is 0 Å². The molecule has 1 amide bonds. The summed E-state index contributed by atoms with van der Waals surface area (Å²) in [6, 6.07) is 12.0. The van der Waals surface area contributed by atoms with E-state index in [4.69, 9.17) is 10.5 Å². The Balaban J connectivity index is 0.00000363. The number of benzene rings is 2. The minimum absolute atomic E-state index is 0. The molecule has 3 N–H and O–H groups in total. The van der Waals surface area contributed by atoms with Crippen molar-refractivity contribution in [1.82, 2.24) is 9.88 Å². The van der Waals surface area contributed by atoms with Crippen LogP contribution in [0.25, 0.3) is 5.69 Å². The third-order valence-corrected chi connectivity index (χ3v) is 5.27. The van der Waals surface area contributed by atoms with Crippen LogP contribution in [0.5, 0.6) is 5.75 Å². The number of hydrogen-bond acceptors (Lipinski definition) is 4. The Morgan fingerprint density at radius 3 is 2.62 bits per heavy atom. The topological polar surface area (TPSA) is 86.3 Å². The Kier molecular flexibility index (Phi) is 8.94. The lowest BCUT2D eigenvalue weighted by Crippen LogP contribution is -2.29. The number of nitrogens with zero attached hydrogens (tertiary/aromatic N) is 1. The fourth-order valence-electron chi connectivity index (χ4n) is 2.98. The maximum Gasteiger partial charge on any atom is 0.273 e. The van der Waals surface area contributed by atoms with Crippen molar-refractivity contribution in [3.8, 4) is 11.4 Å². The van der Waals surface area contributed by atoms with E-state index in [1.807, 2.05) is 6.07 Å². The van der Waals surface area contributed by atoms with E-state index < -0.39 is 11.6 Å². The highest BCUT2D eigenvalue weighted by atomic mass is 79.9. The molecule has 0 bridgehead atoms. The van der Waals surface area contributed by atoms with Gasteiger partial charge in [0, 0.05) is 35.6 Å². The van der Waals surface area contributed by atoms with Crippen molar-refractivity contribution in [3.05, 3.63) is 91.8 Å². The fourth-order valence-corrected chi connectivity index (χ4v) is 3.39. The Hall–Kier alpha value is -2.75. The lowest BCUT2D eigenvalue weighted by molar-refractivity contribution is -0.119. The maximum atomic E-state index is 13.8. The second kappa shape index (κ2) is 11.2. The van der Waals surface area contributed by atoms with Crippen LogP contribution in [-0.4, -0.2) is 17.0 Å². The molecular formula is C22H21BrClF2N3O3. The first-order valence-corrected chi connectivity index (χ1v) is 10.1. The summed E-state index contributed by atoms with van der Waals surface area (Å²) in [6.45, 7) is 1.75. The van der Waals surface area contributed by atoms with Gasteiger partial charge in [0.2, 0.25) is 5.91 Å². The molecule has 6 nitrogen and oxygen atoms in total. The van der Waals surface area contributed by atoms with Crippen LogP contribution in [0.15, 0.2) is 57.8 Å². The average molecular weight is 529 g/mol. The number of carbonyl (C=O) groups excluding carboxylic acids is 1. The first-order valence-electron chi connectivity index (χ1n) is 9.35. The Morgan fingerprint density at radius 2 is 1.94 bits per heavy atom. The van der Waals surface area contributed by atoms with Crippen LogP contribution in [-0.2, 0) is 17.9 Å². The Morgan fingerprint density at radius 1 is 1.19 bits per heavy atom. The van der Waals surface area contributed by atoms with E-state index in [-0.39, 0.29) is 59.4 Å². The van der Waals surface area contributed by atoms with Crippen molar-refractivity contribution in [1.29, 1.82) is 0 Å². The summed E-state index contributed by atoms with van der Waals surface area (Å²) in [7, 11) is 0. The molecule has 3 rings (SSSR count). The predicted molar refractivity (Wildman–Crippen MR) is 123 cm³/mol. The number of rotatable bonds is 7. The third-order valence-electron chi connectivity index (χ3n) is 4.54. The van der Waals surface area contributed by atoms with Crippen LogP contribution in [0.4, 0.5) is 8.78 Å². The van der Waals surface area contributed by atoms with Crippen LogP contribution >= 0.6 is 28.3 Å². The van der Waals surface area contributed by atoms with E-state index >= 15 is 0 Å². The van der Waals surface area contributed by atoms with Crippen LogP contribution in [0, 0.1) is 18.6 Å². The van der Waals surface area contributed by atoms with Gasteiger partial charge in [-0.25, -0.2) is 8.78 Å². The summed E-state index contributed by atoms with van der Waals surface area (Å²) in [5, 5.41) is 2.68. The highest BCUT2D eigenvalue weighted by Gasteiger charge is 2.15. The van der Waals surface area contributed by atoms with E-state index in [9.17, 15) is 18.4 Å². The fraction of sp³-hybridized carbons (Fsp3) is 0.182. The summed E-state index contributed by atoms with van der Waals surface area (Å²) in [5.41, 5.74) is 7.10. The van der Waals surface area contributed by atoms with Crippen molar-refractivity contribution < 1.29 is 18.3 Å². The van der Waals surface area contributed by atoms with Gasteiger partial charge >= 0.3 is 0 Å². The number of pyridine rings is 1. The number of carbonyl (C=O) groups is 1. The zero-order chi connectivity index (χ0) is 22.5. The van der Waals surface area contributed by atoms with Crippen LogP contribution in [0.2, 0.25) is 0 Å². The van der Waals surface area contributed by atoms with Gasteiger partial charge in [-0.3, -0.25) is 14.2 Å². The molecule has 1 heterocycles. The van der Waals surface area contributed by atoms with Crippen LogP contribution in [0.3, 0.4) is 0 Å². The molecule has 0 atom stereocenters. The normalized spacial score (nSPS) is 10.4. The summed E-state index contributed by atoms with van der Waals surface area (Å²) in [5.74, 6) is -1.43. The van der Waals surface area contributed by atoms with Crippen molar-refractivity contribution in [2.24, 2.45) is 5.73 Å². The molecule has 0 fully saturated rings. The van der Waals surface area contributed by atoms with Gasteiger partial charge in [0.05, 0.1) is 6.54 Å². The number of ether oxygens (including phenoxy) is 1. The number of hydrogen-bond donors (Lipinski definition) is 2. The van der Waals surface area contributed by atoms with Crippen LogP contribution in [0.1, 0.15) is 16.8 Å². The number of nitrogens with two attached hydrogens (primary N) is 1. The Labute approximate surface area is 197 Å². The lowest BCUT2D eigenvalue weighted by Gasteiger charge is -2.15. The van der Waals surface area contributed by atoms with Gasteiger partial charge in [-0.15, -0.1) is 12.4 Å². The summed E-state index contributed by atoms with van der Waals surface area (Å²) < 4.78 is 34.2. The van der Waals surface area contributed by atoms with Crippen molar-refractivity contribution in [2.75, 3.05) is 6.54 Å². The summed E-state index contributed by atoms with van der Waals surface area (Å²) in [6.07, 6.45) is 0. The molecular weight excluding hydrogens is 508 g/mol. The number of aryl methyl sites for hydroxylation is 1. The van der Waals surface area contributed by atoms with E-state index in [0.717, 1.165) is 17.7 Å². The quantitative estimate of drug-likeness (QED) is 0.489. The van der Waals surface area contributed by atoms with E-state index in [2.05, 4.69) is 21.2 Å². The van der Waals surface area contributed by atoms with Gasteiger partial charge in [-0.1, -0.05) is 12.1 Å². The SMILES string of the molecule is Cc1cc(OCc2ccc(F)cc2F)c(Br)c(=O)n1-c1cccc(CNC(=O)CN)c1.Cl. The molecule has 0 aliphatic carbocycles. The molecule has 32 heavy (non-hydrogen) atoms. The minimum atomic E-state index is -0.722. The number of amides is 1. The highest BCUT2D eigenvalue weighted by Crippen LogP contribution is 2.25. The molecule has 0 saturated carbocycles. The molecule has 0 radical (unpaired) electrons. The predicted octanol–water partition coefficient (Wildman–Crippen LogP) is 3.76. The molecule has 1 aromatic heterocycles. The number of halogens is 4. The Bertz CT molecular complexity index is 1190. The maximum absolute atomic E-state index is 13.8. The van der Waals surface area contributed by atoms with Gasteiger partial charge in [-0.05, 0) is 52.7 Å². The van der Waals surface area contributed by atoms with E-state index in [0.29, 0.717) is 11.4 Å². The van der Waals surface area contributed by atoms with Crippen LogP contribution < -0.4 is 21.3 Å². The van der Waals surface area contributed by atoms with Gasteiger partial charge < -0.3 is 15.8 Å². The number of aromatic nitrogens is 1. The second-order valence-corrected chi connectivity index (χ2v) is 7.57. The molecule has 2 aromatic carbocycles. The van der Waals surface area contributed by atoms with Gasteiger partial charge in [0.15, 0.2) is 0 Å². The molecule has 3 aromatic rings. The molecule has 10 heteroatoms.